The van der Waals surface area contributed by atoms with E-state index in [9.17, 15) is 9.59 Å². The van der Waals surface area contributed by atoms with Crippen molar-refractivity contribution >= 4 is 23.5 Å². The maximum atomic E-state index is 11.8. The van der Waals surface area contributed by atoms with E-state index < -0.39 is 11.7 Å². The van der Waals surface area contributed by atoms with Crippen LogP contribution >= 0.6 is 0 Å². The van der Waals surface area contributed by atoms with E-state index in [2.05, 4.69) is 16.0 Å². The second-order valence-corrected chi connectivity index (χ2v) is 7.99. The molecule has 0 aliphatic heterocycles. The van der Waals surface area contributed by atoms with Gasteiger partial charge in [0.05, 0.1) is 0 Å². The third-order valence-electron chi connectivity index (χ3n) is 3.58. The quantitative estimate of drug-likeness (QED) is 0.605. The van der Waals surface area contributed by atoms with Gasteiger partial charge in [-0.05, 0) is 89.6 Å². The molecule has 0 fully saturated rings. The first-order valence-electron chi connectivity index (χ1n) is 9.48. The fraction of sp³-hybridized carbons (Fsp3) is 0.364. The van der Waals surface area contributed by atoms with Crippen LogP contribution in [0.25, 0.3) is 0 Å². The van der Waals surface area contributed by atoms with Crippen LogP contribution < -0.4 is 20.7 Å². The van der Waals surface area contributed by atoms with Crippen LogP contribution in [0, 0.1) is 6.92 Å². The Morgan fingerprint density at radius 2 is 1.55 bits per heavy atom. The number of hydrogen-bond acceptors (Lipinski definition) is 4. The lowest BCUT2D eigenvalue weighted by Crippen LogP contribution is -2.34. The van der Waals surface area contributed by atoms with Crippen LogP contribution in [0.5, 0.6) is 11.5 Å². The van der Waals surface area contributed by atoms with Gasteiger partial charge in [0.15, 0.2) is 0 Å². The number of nitrogens with one attached hydrogen (secondary N) is 3. The molecule has 0 aromatic heterocycles. The van der Waals surface area contributed by atoms with Crippen LogP contribution in [-0.2, 0) is 4.74 Å². The highest BCUT2D eigenvalue weighted by Crippen LogP contribution is 2.28. The first-order chi connectivity index (χ1) is 13.5. The Morgan fingerprint density at radius 3 is 2.10 bits per heavy atom. The fourth-order valence-corrected chi connectivity index (χ4v) is 2.43. The van der Waals surface area contributed by atoms with Crippen LogP contribution in [0.1, 0.15) is 40.2 Å². The number of rotatable bonds is 5. The van der Waals surface area contributed by atoms with Crippen molar-refractivity contribution in [2.75, 3.05) is 10.6 Å². The second-order valence-electron chi connectivity index (χ2n) is 7.99. The second kappa shape index (κ2) is 9.32. The number of carbonyl (C=O) groups excluding carboxylic acids is 2. The maximum absolute atomic E-state index is 11.8. The molecule has 0 heterocycles. The average molecular weight is 399 g/mol. The summed E-state index contributed by atoms with van der Waals surface area (Å²) in [5, 5.41) is 8.24. The Bertz CT molecular complexity index is 855. The number of carbonyl (C=O) groups is 2. The van der Waals surface area contributed by atoms with Crippen LogP contribution in [0.2, 0.25) is 0 Å². The molecule has 0 atom stereocenters. The molecule has 0 saturated heterocycles. The van der Waals surface area contributed by atoms with Crippen molar-refractivity contribution in [3.8, 4) is 11.5 Å². The third-order valence-corrected chi connectivity index (χ3v) is 3.58. The highest BCUT2D eigenvalue weighted by atomic mass is 16.6. The molecule has 0 aliphatic rings. The zero-order valence-corrected chi connectivity index (χ0v) is 17.8. The molecule has 0 bridgehead atoms. The van der Waals surface area contributed by atoms with Crippen molar-refractivity contribution < 1.29 is 19.1 Å². The molecule has 0 spiro atoms. The predicted octanol–water partition coefficient (Wildman–Crippen LogP) is 5.66. The standard InChI is InChI=1S/C22H29N3O4/c1-14(2)23-20(26)24-17-9-12-19(15(3)13-17)28-18-10-7-16(8-11-18)25-21(27)29-22(4,5)6/h7-14H,1-6H3,(H,25,27)(H2,23,24,26). The third kappa shape index (κ3) is 7.73. The first-order valence-corrected chi connectivity index (χ1v) is 9.48. The van der Waals surface area contributed by atoms with Gasteiger partial charge >= 0.3 is 12.1 Å². The minimum Gasteiger partial charge on any atom is -0.457 e. The van der Waals surface area contributed by atoms with Crippen LogP contribution in [0.3, 0.4) is 0 Å². The smallest absolute Gasteiger partial charge is 0.412 e. The highest BCUT2D eigenvalue weighted by Gasteiger charge is 2.16. The Balaban J connectivity index is 1.97. The zero-order valence-electron chi connectivity index (χ0n) is 17.8. The van der Waals surface area contributed by atoms with E-state index in [1.807, 2.05) is 47.6 Å². The summed E-state index contributed by atoms with van der Waals surface area (Å²) in [6, 6.07) is 12.2. The average Bonchev–Trinajstić information content (AvgIpc) is 2.56. The first kappa shape index (κ1) is 22.1. The van der Waals surface area contributed by atoms with Gasteiger partial charge in [-0.15, -0.1) is 0 Å². The SMILES string of the molecule is Cc1cc(NC(=O)NC(C)C)ccc1Oc1ccc(NC(=O)OC(C)(C)C)cc1. The lowest BCUT2D eigenvalue weighted by Gasteiger charge is -2.19. The van der Waals surface area contributed by atoms with Gasteiger partial charge in [-0.25, -0.2) is 9.59 Å². The van der Waals surface area contributed by atoms with Gasteiger partial charge in [0.25, 0.3) is 0 Å². The molecule has 3 amide bonds. The van der Waals surface area contributed by atoms with E-state index in [1.54, 1.807) is 36.4 Å². The number of ether oxygens (including phenoxy) is 2. The van der Waals surface area contributed by atoms with E-state index in [0.717, 1.165) is 5.56 Å². The number of hydrogen-bond donors (Lipinski definition) is 3. The molecule has 0 aliphatic carbocycles. The maximum Gasteiger partial charge on any atom is 0.412 e. The van der Waals surface area contributed by atoms with Crippen molar-refractivity contribution in [2.24, 2.45) is 0 Å². The van der Waals surface area contributed by atoms with Crippen molar-refractivity contribution in [2.45, 2.75) is 53.2 Å². The van der Waals surface area contributed by atoms with E-state index >= 15 is 0 Å². The molecule has 0 unspecified atom stereocenters. The predicted molar refractivity (Wildman–Crippen MR) is 115 cm³/mol. The molecule has 156 valence electrons. The van der Waals surface area contributed by atoms with Gasteiger partial charge < -0.3 is 20.1 Å². The Kier molecular flexibility index (Phi) is 7.09. The van der Waals surface area contributed by atoms with Gasteiger partial charge in [0, 0.05) is 17.4 Å². The topological polar surface area (TPSA) is 88.7 Å². The molecular weight excluding hydrogens is 370 g/mol. The normalized spacial score (nSPS) is 11.0. The summed E-state index contributed by atoms with van der Waals surface area (Å²) in [5.41, 5.74) is 1.62. The van der Waals surface area contributed by atoms with Crippen LogP contribution in [0.4, 0.5) is 21.0 Å². The summed E-state index contributed by atoms with van der Waals surface area (Å²) in [5.74, 6) is 1.30. The highest BCUT2D eigenvalue weighted by molar-refractivity contribution is 5.89. The number of urea groups is 1. The molecule has 0 saturated carbocycles. The fourth-order valence-electron chi connectivity index (χ4n) is 2.43. The number of aryl methyl sites for hydroxylation is 1. The van der Waals surface area contributed by atoms with E-state index in [4.69, 9.17) is 9.47 Å². The van der Waals surface area contributed by atoms with Gasteiger partial charge in [0.1, 0.15) is 17.1 Å². The van der Waals surface area contributed by atoms with Gasteiger partial charge in [-0.2, -0.15) is 0 Å². The monoisotopic (exact) mass is 399 g/mol. The molecule has 7 heteroatoms. The Morgan fingerprint density at radius 1 is 0.931 bits per heavy atom. The summed E-state index contributed by atoms with van der Waals surface area (Å²) >= 11 is 0. The van der Waals surface area contributed by atoms with E-state index in [-0.39, 0.29) is 12.1 Å². The molecule has 3 N–H and O–H groups in total. The lowest BCUT2D eigenvalue weighted by atomic mass is 10.2. The molecule has 7 nitrogen and oxygen atoms in total. The van der Waals surface area contributed by atoms with Crippen molar-refractivity contribution in [1.29, 1.82) is 0 Å². The minimum absolute atomic E-state index is 0.0616. The largest absolute Gasteiger partial charge is 0.457 e. The molecular formula is C22H29N3O4. The van der Waals surface area contributed by atoms with E-state index in [0.29, 0.717) is 22.9 Å². The van der Waals surface area contributed by atoms with Gasteiger partial charge in [0.2, 0.25) is 0 Å². The molecule has 0 radical (unpaired) electrons. The lowest BCUT2D eigenvalue weighted by molar-refractivity contribution is 0.0636. The number of amides is 3. The molecule has 2 rings (SSSR count). The summed E-state index contributed by atoms with van der Waals surface area (Å²) in [7, 11) is 0. The molecule has 2 aromatic carbocycles. The van der Waals surface area contributed by atoms with Gasteiger partial charge in [-0.1, -0.05) is 0 Å². The van der Waals surface area contributed by atoms with Crippen molar-refractivity contribution in [1.82, 2.24) is 5.32 Å². The van der Waals surface area contributed by atoms with Crippen molar-refractivity contribution in [3.63, 3.8) is 0 Å². The summed E-state index contributed by atoms with van der Waals surface area (Å²) in [6.07, 6.45) is -0.508. The van der Waals surface area contributed by atoms with Crippen LogP contribution in [0.15, 0.2) is 42.5 Å². The summed E-state index contributed by atoms with van der Waals surface area (Å²) < 4.78 is 11.1. The Hall–Kier alpha value is -3.22. The van der Waals surface area contributed by atoms with Gasteiger partial charge in [-0.3, -0.25) is 5.32 Å². The zero-order chi connectivity index (χ0) is 21.6. The summed E-state index contributed by atoms with van der Waals surface area (Å²) in [4.78, 5) is 23.6. The Labute approximate surface area is 171 Å². The number of anilines is 2. The molecule has 2 aromatic rings. The van der Waals surface area contributed by atoms with Crippen LogP contribution in [-0.4, -0.2) is 23.8 Å². The minimum atomic E-state index is -0.554. The number of benzene rings is 2. The van der Waals surface area contributed by atoms with Crippen molar-refractivity contribution in [3.05, 3.63) is 48.0 Å². The van der Waals surface area contributed by atoms with E-state index in [1.165, 1.54) is 0 Å². The molecule has 29 heavy (non-hydrogen) atoms. The summed E-state index contributed by atoms with van der Waals surface area (Å²) in [6.45, 7) is 11.1.